The Balaban J connectivity index is 0.00000180. The Morgan fingerprint density at radius 1 is 0.941 bits per heavy atom. The molecule has 172 valence electrons. The van der Waals surface area contributed by atoms with Crippen molar-refractivity contribution in [2.24, 2.45) is 7.05 Å². The molecule has 0 saturated heterocycles. The van der Waals surface area contributed by atoms with Gasteiger partial charge in [0.1, 0.15) is 17.2 Å². The maximum atomic E-state index is 11.8. The van der Waals surface area contributed by atoms with Gasteiger partial charge >= 0.3 is 0 Å². The summed E-state index contributed by atoms with van der Waals surface area (Å²) in [6.45, 7) is 0. The predicted octanol–water partition coefficient (Wildman–Crippen LogP) is 5.42. The standard InChI is InChI=1S/C26H22N6O2.2H2/c1-27-25(33)23-16-21(10-13-29-23)34-20-6-7-24-22(15-20)31-26(32(24)2)30-19-5-3-4-18(14-19)17-8-11-28-12-9-17;;/h3-16H,1-2H3,(H,27,33)(H,30,31);2*1H. The van der Waals surface area contributed by atoms with Gasteiger partial charge in [0.25, 0.3) is 5.91 Å². The van der Waals surface area contributed by atoms with Gasteiger partial charge in [-0.05, 0) is 53.6 Å². The van der Waals surface area contributed by atoms with Gasteiger partial charge in [-0.15, -0.1) is 0 Å². The van der Waals surface area contributed by atoms with Crippen LogP contribution >= 0.6 is 0 Å². The van der Waals surface area contributed by atoms with Crippen molar-refractivity contribution < 1.29 is 12.4 Å². The summed E-state index contributed by atoms with van der Waals surface area (Å²) in [5.41, 5.74) is 5.16. The van der Waals surface area contributed by atoms with E-state index in [-0.39, 0.29) is 8.76 Å². The zero-order valence-corrected chi connectivity index (χ0v) is 18.7. The maximum absolute atomic E-state index is 11.8. The molecule has 1 amide bonds. The lowest BCUT2D eigenvalue weighted by Crippen LogP contribution is -2.18. The van der Waals surface area contributed by atoms with Gasteiger partial charge in [0.15, 0.2) is 0 Å². The number of ether oxygens (including phenoxy) is 1. The van der Waals surface area contributed by atoms with E-state index in [9.17, 15) is 4.79 Å². The van der Waals surface area contributed by atoms with Crippen molar-refractivity contribution in [2.75, 3.05) is 12.4 Å². The van der Waals surface area contributed by atoms with Crippen LogP contribution < -0.4 is 15.4 Å². The number of aryl methyl sites for hydroxylation is 1. The van der Waals surface area contributed by atoms with Crippen molar-refractivity contribution >= 4 is 28.6 Å². The first-order valence-electron chi connectivity index (χ1n) is 10.7. The van der Waals surface area contributed by atoms with Gasteiger partial charge in [-0.1, -0.05) is 12.1 Å². The number of anilines is 2. The van der Waals surface area contributed by atoms with E-state index in [1.165, 1.54) is 0 Å². The summed E-state index contributed by atoms with van der Waals surface area (Å²) < 4.78 is 7.95. The number of amides is 1. The molecule has 0 bridgehead atoms. The fraction of sp³-hybridized carbons (Fsp3) is 0.0769. The second kappa shape index (κ2) is 9.03. The van der Waals surface area contributed by atoms with E-state index in [4.69, 9.17) is 9.72 Å². The van der Waals surface area contributed by atoms with Crippen LogP contribution in [0.15, 0.2) is 85.3 Å². The molecule has 0 aliphatic heterocycles. The fourth-order valence-electron chi connectivity index (χ4n) is 3.67. The molecule has 0 spiro atoms. The summed E-state index contributed by atoms with van der Waals surface area (Å²) in [4.78, 5) is 24.7. The van der Waals surface area contributed by atoms with Crippen molar-refractivity contribution in [3.63, 3.8) is 0 Å². The Morgan fingerprint density at radius 3 is 2.59 bits per heavy atom. The van der Waals surface area contributed by atoms with E-state index >= 15 is 0 Å². The van der Waals surface area contributed by atoms with E-state index in [0.717, 1.165) is 27.8 Å². The number of rotatable bonds is 6. The van der Waals surface area contributed by atoms with Crippen molar-refractivity contribution in [1.29, 1.82) is 0 Å². The molecule has 5 aromatic rings. The van der Waals surface area contributed by atoms with Gasteiger partial charge in [-0.3, -0.25) is 14.8 Å². The number of imidazole rings is 1. The second-order valence-electron chi connectivity index (χ2n) is 7.64. The highest BCUT2D eigenvalue weighted by Gasteiger charge is 2.11. The molecular formula is C26H26N6O2. The minimum atomic E-state index is -0.269. The summed E-state index contributed by atoms with van der Waals surface area (Å²) in [5.74, 6) is 1.58. The zero-order valence-electron chi connectivity index (χ0n) is 18.7. The number of nitrogens with zero attached hydrogens (tertiary/aromatic N) is 4. The molecule has 0 radical (unpaired) electrons. The third-order valence-corrected chi connectivity index (χ3v) is 5.41. The first-order valence-corrected chi connectivity index (χ1v) is 10.7. The average molecular weight is 455 g/mol. The Labute approximate surface area is 199 Å². The number of carbonyl (C=O) groups is 1. The van der Waals surface area contributed by atoms with Crippen molar-refractivity contribution in [3.05, 3.63) is 91.0 Å². The SMILES string of the molecule is CNC(=O)c1cc(Oc2ccc3c(c2)nc(Nc2cccc(-c4ccncc4)c2)n3C)ccn1.[HH].[HH]. The summed E-state index contributed by atoms with van der Waals surface area (Å²) in [5, 5.41) is 5.97. The van der Waals surface area contributed by atoms with Crippen LogP contribution in [0.25, 0.3) is 22.2 Å². The van der Waals surface area contributed by atoms with Crippen LogP contribution in [-0.4, -0.2) is 32.5 Å². The van der Waals surface area contributed by atoms with Crippen LogP contribution in [0.5, 0.6) is 11.5 Å². The third kappa shape index (κ3) is 4.29. The first-order chi connectivity index (χ1) is 16.6. The molecule has 0 saturated carbocycles. The number of carbonyl (C=O) groups excluding carboxylic acids is 1. The van der Waals surface area contributed by atoms with Crippen LogP contribution in [0.1, 0.15) is 13.3 Å². The zero-order chi connectivity index (χ0) is 23.5. The summed E-state index contributed by atoms with van der Waals surface area (Å²) in [6, 6.07) is 21.1. The molecule has 0 atom stereocenters. The predicted molar refractivity (Wildman–Crippen MR) is 136 cm³/mol. The van der Waals surface area contributed by atoms with Gasteiger partial charge < -0.3 is 19.9 Å². The molecule has 8 nitrogen and oxygen atoms in total. The van der Waals surface area contributed by atoms with Gasteiger partial charge in [0, 0.05) is 53.4 Å². The lowest BCUT2D eigenvalue weighted by molar-refractivity contribution is 0.0958. The van der Waals surface area contributed by atoms with Gasteiger partial charge in [-0.25, -0.2) is 4.98 Å². The summed E-state index contributed by atoms with van der Waals surface area (Å²) in [6.07, 6.45) is 5.11. The topological polar surface area (TPSA) is 94.0 Å². The largest absolute Gasteiger partial charge is 0.457 e. The minimum absolute atomic E-state index is 0. The summed E-state index contributed by atoms with van der Waals surface area (Å²) in [7, 11) is 3.52. The molecule has 0 aliphatic carbocycles. The monoisotopic (exact) mass is 454 g/mol. The normalized spacial score (nSPS) is 10.8. The molecule has 5 rings (SSSR count). The van der Waals surface area contributed by atoms with Crippen LogP contribution in [0.2, 0.25) is 0 Å². The highest BCUT2D eigenvalue weighted by molar-refractivity contribution is 5.92. The molecule has 34 heavy (non-hydrogen) atoms. The average Bonchev–Trinajstić information content (AvgIpc) is 3.18. The fourth-order valence-corrected chi connectivity index (χ4v) is 3.67. The van der Waals surface area contributed by atoms with E-state index in [1.54, 1.807) is 37.8 Å². The molecule has 2 aromatic carbocycles. The number of hydrogen-bond acceptors (Lipinski definition) is 6. The molecular weight excluding hydrogens is 428 g/mol. The van der Waals surface area contributed by atoms with Crippen molar-refractivity contribution in [3.8, 4) is 22.6 Å². The molecule has 3 heterocycles. The lowest BCUT2D eigenvalue weighted by Gasteiger charge is -2.08. The molecule has 0 fully saturated rings. The third-order valence-electron chi connectivity index (χ3n) is 5.41. The van der Waals surface area contributed by atoms with E-state index in [0.29, 0.717) is 23.1 Å². The van der Waals surface area contributed by atoms with E-state index in [1.807, 2.05) is 54.1 Å². The van der Waals surface area contributed by atoms with Gasteiger partial charge in [-0.2, -0.15) is 0 Å². The Bertz CT molecular complexity index is 1490. The highest BCUT2D eigenvalue weighted by Crippen LogP contribution is 2.29. The van der Waals surface area contributed by atoms with Crippen molar-refractivity contribution in [1.82, 2.24) is 24.8 Å². The van der Waals surface area contributed by atoms with Crippen molar-refractivity contribution in [2.45, 2.75) is 0 Å². The van der Waals surface area contributed by atoms with E-state index < -0.39 is 0 Å². The molecule has 2 N–H and O–H groups in total. The number of nitrogens with one attached hydrogen (secondary N) is 2. The molecule has 3 aromatic heterocycles. The second-order valence-corrected chi connectivity index (χ2v) is 7.64. The van der Waals surface area contributed by atoms with Crippen LogP contribution in [0, 0.1) is 0 Å². The Kier molecular flexibility index (Phi) is 5.61. The Morgan fingerprint density at radius 2 is 1.76 bits per heavy atom. The summed E-state index contributed by atoms with van der Waals surface area (Å²) >= 11 is 0. The molecule has 8 heteroatoms. The smallest absolute Gasteiger partial charge is 0.269 e. The van der Waals surface area contributed by atoms with E-state index in [2.05, 4.69) is 32.7 Å². The van der Waals surface area contributed by atoms with Gasteiger partial charge in [0.2, 0.25) is 5.95 Å². The van der Waals surface area contributed by atoms with Crippen LogP contribution in [0.4, 0.5) is 11.6 Å². The number of pyridine rings is 2. The number of fused-ring (bicyclic) bond motifs is 1. The van der Waals surface area contributed by atoms with Crippen LogP contribution in [-0.2, 0) is 7.05 Å². The van der Waals surface area contributed by atoms with Crippen LogP contribution in [0.3, 0.4) is 0 Å². The van der Waals surface area contributed by atoms with Gasteiger partial charge in [0.05, 0.1) is 11.0 Å². The molecule has 0 unspecified atom stereocenters. The number of hydrogen-bond donors (Lipinski definition) is 2. The quantitative estimate of drug-likeness (QED) is 0.356. The Hall–Kier alpha value is -4.72. The first kappa shape index (κ1) is 21.1. The lowest BCUT2D eigenvalue weighted by atomic mass is 10.1. The number of aromatic nitrogens is 4. The number of benzene rings is 2. The highest BCUT2D eigenvalue weighted by atomic mass is 16.5. The maximum Gasteiger partial charge on any atom is 0.269 e. The molecule has 0 aliphatic rings. The minimum Gasteiger partial charge on any atom is -0.457 e.